The molecular weight excluding hydrogens is 286 g/mol. The van der Waals surface area contributed by atoms with Crippen LogP contribution in [0.3, 0.4) is 0 Å². The molecule has 1 aliphatic rings. The van der Waals surface area contributed by atoms with Crippen molar-refractivity contribution in [2.45, 2.75) is 53.0 Å². The molecule has 0 bridgehead atoms. The maximum Gasteiger partial charge on any atom is 0.250 e. The van der Waals surface area contributed by atoms with Gasteiger partial charge in [0.25, 0.3) is 0 Å². The maximum absolute atomic E-state index is 12.1. The van der Waals surface area contributed by atoms with Crippen LogP contribution in [0.4, 0.5) is 5.69 Å². The highest BCUT2D eigenvalue weighted by Gasteiger charge is 2.30. The monoisotopic (exact) mass is 311 g/mol. The lowest BCUT2D eigenvalue weighted by Crippen LogP contribution is -2.42. The van der Waals surface area contributed by atoms with Crippen molar-refractivity contribution in [3.8, 4) is 11.1 Å². The van der Waals surface area contributed by atoms with Gasteiger partial charge in [-0.05, 0) is 48.8 Å². The molecule has 3 nitrogen and oxygen atoms in total. The lowest BCUT2D eigenvalue weighted by Gasteiger charge is -2.35. The predicted octanol–water partition coefficient (Wildman–Crippen LogP) is 3.80. The molecule has 2 aromatic rings. The summed E-state index contributed by atoms with van der Waals surface area (Å²) in [6.45, 7) is 8.58. The number of anilines is 1. The lowest BCUT2D eigenvalue weighted by atomic mass is 9.77. The molecular formula is C20H25NO2. The van der Waals surface area contributed by atoms with E-state index in [0.717, 1.165) is 17.5 Å². The van der Waals surface area contributed by atoms with Crippen molar-refractivity contribution in [2.24, 2.45) is 11.8 Å². The Bertz CT molecular complexity index is 798. The van der Waals surface area contributed by atoms with Gasteiger partial charge in [0.15, 0.2) is 0 Å². The first-order chi connectivity index (χ1) is 10.9. The minimum Gasteiger partial charge on any atom is -0.378 e. The Morgan fingerprint density at radius 2 is 1.74 bits per heavy atom. The van der Waals surface area contributed by atoms with Crippen molar-refractivity contribution in [2.75, 3.05) is 5.32 Å². The first kappa shape index (κ1) is 16.0. The van der Waals surface area contributed by atoms with Gasteiger partial charge in [-0.1, -0.05) is 44.9 Å². The zero-order valence-corrected chi connectivity index (χ0v) is 14.4. The Morgan fingerprint density at radius 3 is 2.43 bits per heavy atom. The largest absolute Gasteiger partial charge is 0.378 e. The summed E-state index contributed by atoms with van der Waals surface area (Å²) in [7, 11) is 0. The summed E-state index contributed by atoms with van der Waals surface area (Å²) in [4.78, 5) is 24.2. The first-order valence-corrected chi connectivity index (χ1v) is 8.57. The third-order valence-electron chi connectivity index (χ3n) is 5.74. The first-order valence-electron chi connectivity index (χ1n) is 8.57. The van der Waals surface area contributed by atoms with E-state index in [2.05, 4.69) is 19.2 Å². The fourth-order valence-electron chi connectivity index (χ4n) is 3.67. The molecule has 2 aromatic carbocycles. The molecule has 1 fully saturated rings. The van der Waals surface area contributed by atoms with Crippen LogP contribution in [-0.2, 0) is 0 Å². The second-order valence-electron chi connectivity index (χ2n) is 7.23. The molecule has 0 amide bonds. The van der Waals surface area contributed by atoms with Crippen LogP contribution in [0.2, 0.25) is 0 Å². The van der Waals surface area contributed by atoms with Gasteiger partial charge < -0.3 is 5.32 Å². The molecule has 0 heterocycles. The van der Waals surface area contributed by atoms with E-state index in [9.17, 15) is 9.59 Å². The maximum atomic E-state index is 12.1. The average molecular weight is 311 g/mol. The zero-order valence-electron chi connectivity index (χ0n) is 14.4. The van der Waals surface area contributed by atoms with Crippen LogP contribution in [0.1, 0.15) is 44.2 Å². The Morgan fingerprint density at radius 1 is 1.00 bits per heavy atom. The van der Waals surface area contributed by atoms with Crippen molar-refractivity contribution in [3.63, 3.8) is 0 Å². The average Bonchev–Trinajstić information content (AvgIpc) is 2.53. The molecule has 0 aliphatic heterocycles. The van der Waals surface area contributed by atoms with Crippen LogP contribution in [0.15, 0.2) is 27.8 Å². The minimum atomic E-state index is -0.358. The lowest BCUT2D eigenvalue weighted by molar-refractivity contribution is 0.253. The van der Waals surface area contributed by atoms with Crippen LogP contribution >= 0.6 is 0 Å². The van der Waals surface area contributed by atoms with Gasteiger partial charge in [-0.25, -0.2) is 0 Å². The van der Waals surface area contributed by atoms with E-state index in [0.29, 0.717) is 23.1 Å². The highest BCUT2D eigenvalue weighted by atomic mass is 16.2. The van der Waals surface area contributed by atoms with Gasteiger partial charge >= 0.3 is 0 Å². The highest BCUT2D eigenvalue weighted by Crippen LogP contribution is 2.33. The molecule has 1 saturated carbocycles. The number of benzene rings is 1. The zero-order chi connectivity index (χ0) is 16.7. The molecule has 0 unspecified atom stereocenters. The van der Waals surface area contributed by atoms with E-state index < -0.39 is 0 Å². The minimum absolute atomic E-state index is 0.285. The van der Waals surface area contributed by atoms with Gasteiger partial charge in [-0.2, -0.15) is 0 Å². The summed E-state index contributed by atoms with van der Waals surface area (Å²) in [5.41, 5.74) is 3.58. The highest BCUT2D eigenvalue weighted by molar-refractivity contribution is 5.82. The van der Waals surface area contributed by atoms with Gasteiger partial charge in [0.05, 0.1) is 11.3 Å². The third-order valence-corrected chi connectivity index (χ3v) is 5.74. The quantitative estimate of drug-likeness (QED) is 0.877. The Hall–Kier alpha value is -1.90. The molecule has 3 heteroatoms. The van der Waals surface area contributed by atoms with E-state index >= 15 is 0 Å². The Balaban J connectivity index is 1.92. The standard InChI is InChI=1S/C20H25NO2/c1-11-8-9-15(10-13(11)3)17-18(20(23)19(17)22)21-16-7-5-6-12(2)14(16)4/h8-10,12,14,16,21H,5-7H2,1-4H3/t12-,14-,16-/m1/s1. The van der Waals surface area contributed by atoms with Crippen molar-refractivity contribution in [3.05, 3.63) is 49.8 Å². The fraction of sp³-hybridized carbons (Fsp3) is 0.500. The Labute approximate surface area is 137 Å². The number of rotatable bonds is 3. The predicted molar refractivity (Wildman–Crippen MR) is 95.9 cm³/mol. The van der Waals surface area contributed by atoms with Crippen LogP contribution < -0.4 is 16.2 Å². The molecule has 3 atom stereocenters. The number of aryl methyl sites for hydroxylation is 2. The molecule has 0 radical (unpaired) electrons. The molecule has 23 heavy (non-hydrogen) atoms. The summed E-state index contributed by atoms with van der Waals surface area (Å²) < 4.78 is 0. The summed E-state index contributed by atoms with van der Waals surface area (Å²) in [6.07, 6.45) is 3.49. The van der Waals surface area contributed by atoms with Crippen LogP contribution in [0.5, 0.6) is 0 Å². The second kappa shape index (κ2) is 5.95. The van der Waals surface area contributed by atoms with Crippen molar-refractivity contribution in [1.29, 1.82) is 0 Å². The van der Waals surface area contributed by atoms with Gasteiger partial charge in [0, 0.05) is 6.04 Å². The van der Waals surface area contributed by atoms with E-state index in [4.69, 9.17) is 0 Å². The molecule has 0 spiro atoms. The molecule has 1 N–H and O–H groups in total. The molecule has 122 valence electrons. The molecule has 0 aromatic heterocycles. The van der Waals surface area contributed by atoms with E-state index in [1.54, 1.807) is 0 Å². The van der Waals surface area contributed by atoms with Crippen LogP contribution in [-0.4, -0.2) is 6.04 Å². The smallest absolute Gasteiger partial charge is 0.250 e. The number of hydrogen-bond donors (Lipinski definition) is 1. The second-order valence-corrected chi connectivity index (χ2v) is 7.23. The molecule has 1 aliphatic carbocycles. The summed E-state index contributed by atoms with van der Waals surface area (Å²) in [5.74, 6) is 1.17. The van der Waals surface area contributed by atoms with Gasteiger partial charge in [0.2, 0.25) is 10.9 Å². The molecule has 3 rings (SSSR count). The normalized spacial score (nSPS) is 24.8. The SMILES string of the molecule is Cc1ccc(-c2c(N[C@@H]3CCC[C@@H](C)[C@H]3C)c(=O)c2=O)cc1C. The van der Waals surface area contributed by atoms with Gasteiger partial charge in [0.1, 0.15) is 0 Å². The van der Waals surface area contributed by atoms with Crippen molar-refractivity contribution >= 4 is 5.69 Å². The summed E-state index contributed by atoms with van der Waals surface area (Å²) in [5, 5.41) is 3.41. The van der Waals surface area contributed by atoms with E-state index in [1.807, 2.05) is 32.0 Å². The van der Waals surface area contributed by atoms with Gasteiger partial charge in [-0.15, -0.1) is 0 Å². The fourth-order valence-corrected chi connectivity index (χ4v) is 3.67. The van der Waals surface area contributed by atoms with E-state index in [-0.39, 0.29) is 16.9 Å². The third kappa shape index (κ3) is 2.73. The molecule has 0 saturated heterocycles. The van der Waals surface area contributed by atoms with Crippen LogP contribution in [0, 0.1) is 25.7 Å². The summed E-state index contributed by atoms with van der Waals surface area (Å²) in [6, 6.07) is 6.24. The van der Waals surface area contributed by atoms with Crippen molar-refractivity contribution in [1.82, 2.24) is 0 Å². The van der Waals surface area contributed by atoms with Crippen molar-refractivity contribution < 1.29 is 0 Å². The van der Waals surface area contributed by atoms with E-state index in [1.165, 1.54) is 18.4 Å². The number of nitrogens with one attached hydrogen (secondary N) is 1. The number of hydrogen-bond acceptors (Lipinski definition) is 3. The van der Waals surface area contributed by atoms with Gasteiger partial charge in [-0.3, -0.25) is 9.59 Å². The van der Waals surface area contributed by atoms with Crippen LogP contribution in [0.25, 0.3) is 11.1 Å². The Kier molecular flexibility index (Phi) is 4.13. The summed E-state index contributed by atoms with van der Waals surface area (Å²) >= 11 is 0. The topological polar surface area (TPSA) is 46.2 Å².